The maximum Gasteiger partial charge on any atom is 0.0972 e. The van der Waals surface area contributed by atoms with E-state index in [9.17, 15) is 0 Å². The molecule has 4 heteroatoms. The largest absolute Gasteiger partial charge is 0.330 e. The average Bonchev–Trinajstić information content (AvgIpc) is 2.81. The molecule has 2 atom stereocenters. The van der Waals surface area contributed by atoms with Crippen molar-refractivity contribution in [2.45, 2.75) is 31.6 Å². The third-order valence-corrected chi connectivity index (χ3v) is 5.56. The Kier molecular flexibility index (Phi) is 3.68. The van der Waals surface area contributed by atoms with Gasteiger partial charge in [-0.25, -0.2) is 4.98 Å². The van der Waals surface area contributed by atoms with Crippen LogP contribution in [0.1, 0.15) is 36.6 Å². The Morgan fingerprint density at radius 1 is 1.33 bits per heavy atom. The molecule has 1 heterocycles. The average molecular weight is 325 g/mol. The number of hydrogen-bond acceptors (Lipinski definition) is 3. The highest BCUT2D eigenvalue weighted by Crippen LogP contribution is 2.40. The van der Waals surface area contributed by atoms with Gasteiger partial charge in [-0.1, -0.05) is 28.8 Å². The van der Waals surface area contributed by atoms with Crippen molar-refractivity contribution in [2.75, 3.05) is 6.54 Å². The van der Waals surface area contributed by atoms with E-state index in [1.165, 1.54) is 35.4 Å². The lowest BCUT2D eigenvalue weighted by atomic mass is 9.79. The summed E-state index contributed by atoms with van der Waals surface area (Å²) in [4.78, 5) is 4.83. The van der Waals surface area contributed by atoms with E-state index >= 15 is 0 Å². The Balaban J connectivity index is 1.97. The lowest BCUT2D eigenvalue weighted by Gasteiger charge is -2.28. The highest BCUT2D eigenvalue weighted by atomic mass is 79.9. The van der Waals surface area contributed by atoms with Crippen molar-refractivity contribution in [3.63, 3.8) is 0 Å². The molecule has 2 aromatic rings. The zero-order chi connectivity index (χ0) is 12.5. The highest BCUT2D eigenvalue weighted by Gasteiger charge is 2.27. The topological polar surface area (TPSA) is 38.9 Å². The van der Waals surface area contributed by atoms with Crippen LogP contribution < -0.4 is 5.73 Å². The molecule has 0 aliphatic heterocycles. The summed E-state index contributed by atoms with van der Waals surface area (Å²) in [6.45, 7) is 0.796. The van der Waals surface area contributed by atoms with Gasteiger partial charge in [0.2, 0.25) is 0 Å². The van der Waals surface area contributed by atoms with Crippen LogP contribution >= 0.6 is 27.3 Å². The highest BCUT2D eigenvalue weighted by molar-refractivity contribution is 9.10. The Bertz CT molecular complexity index is 552. The summed E-state index contributed by atoms with van der Waals surface area (Å²) in [6, 6.07) is 6.35. The van der Waals surface area contributed by atoms with Crippen LogP contribution in [0.25, 0.3) is 10.2 Å². The molecule has 18 heavy (non-hydrogen) atoms. The first kappa shape index (κ1) is 12.6. The summed E-state index contributed by atoms with van der Waals surface area (Å²) in [5.74, 6) is 1.21. The summed E-state index contributed by atoms with van der Waals surface area (Å²) in [5, 5.41) is 1.29. The molecule has 0 radical (unpaired) electrons. The lowest BCUT2D eigenvalue weighted by molar-refractivity contribution is 0.314. The van der Waals surface area contributed by atoms with Gasteiger partial charge in [0.1, 0.15) is 0 Å². The van der Waals surface area contributed by atoms with E-state index in [-0.39, 0.29) is 0 Å². The standard InChI is InChI=1S/C14H17BrN2S/c15-10-5-6-13-12(7-10)17-14(18-13)11-4-2-1-3-9(11)8-16/h5-7,9,11H,1-4,8,16H2. The number of benzene rings is 1. The number of nitrogens with two attached hydrogens (primary N) is 1. The van der Waals surface area contributed by atoms with Gasteiger partial charge in [-0.2, -0.15) is 0 Å². The van der Waals surface area contributed by atoms with Gasteiger partial charge in [-0.3, -0.25) is 0 Å². The van der Waals surface area contributed by atoms with Crippen molar-refractivity contribution in [1.29, 1.82) is 0 Å². The predicted octanol–water partition coefficient (Wildman–Crippen LogP) is 4.29. The van der Waals surface area contributed by atoms with Crippen molar-refractivity contribution in [1.82, 2.24) is 4.98 Å². The Hall–Kier alpha value is -0.450. The van der Waals surface area contributed by atoms with Gasteiger partial charge in [-0.15, -0.1) is 11.3 Å². The first-order valence-electron chi connectivity index (χ1n) is 6.54. The van der Waals surface area contributed by atoms with Crippen molar-refractivity contribution in [3.05, 3.63) is 27.7 Å². The van der Waals surface area contributed by atoms with E-state index in [0.29, 0.717) is 11.8 Å². The van der Waals surface area contributed by atoms with Crippen LogP contribution in [0.5, 0.6) is 0 Å². The smallest absolute Gasteiger partial charge is 0.0972 e. The van der Waals surface area contributed by atoms with Gasteiger partial charge in [0.05, 0.1) is 15.2 Å². The second-order valence-corrected chi connectivity index (χ2v) is 7.03. The number of rotatable bonds is 2. The van der Waals surface area contributed by atoms with E-state index in [1.807, 2.05) is 11.3 Å². The second-order valence-electron chi connectivity index (χ2n) is 5.05. The fourth-order valence-corrected chi connectivity index (χ4v) is 4.42. The Labute approximate surface area is 120 Å². The van der Waals surface area contributed by atoms with E-state index in [1.54, 1.807) is 0 Å². The number of halogens is 1. The second kappa shape index (κ2) is 5.27. The molecule has 0 bridgehead atoms. The monoisotopic (exact) mass is 324 g/mol. The molecule has 1 aliphatic carbocycles. The van der Waals surface area contributed by atoms with E-state index in [4.69, 9.17) is 10.7 Å². The molecule has 0 amide bonds. The van der Waals surface area contributed by atoms with Crippen LogP contribution in [0, 0.1) is 5.92 Å². The van der Waals surface area contributed by atoms with Crippen molar-refractivity contribution >= 4 is 37.5 Å². The first-order chi connectivity index (χ1) is 8.78. The summed E-state index contributed by atoms with van der Waals surface area (Å²) >= 11 is 5.35. The van der Waals surface area contributed by atoms with Crippen molar-refractivity contribution in [2.24, 2.45) is 11.7 Å². The molecule has 0 saturated heterocycles. The molecule has 0 spiro atoms. The van der Waals surface area contributed by atoms with Gasteiger partial charge >= 0.3 is 0 Å². The van der Waals surface area contributed by atoms with E-state index < -0.39 is 0 Å². The number of fused-ring (bicyclic) bond motifs is 1. The molecular weight excluding hydrogens is 308 g/mol. The van der Waals surface area contributed by atoms with Crippen LogP contribution in [-0.2, 0) is 0 Å². The fraction of sp³-hybridized carbons (Fsp3) is 0.500. The molecule has 1 aromatic heterocycles. The summed E-state index contributed by atoms with van der Waals surface area (Å²) in [5.41, 5.74) is 7.04. The quantitative estimate of drug-likeness (QED) is 0.894. The third-order valence-electron chi connectivity index (χ3n) is 3.90. The summed E-state index contributed by atoms with van der Waals surface area (Å²) < 4.78 is 2.39. The normalized spacial score (nSPS) is 24.6. The Morgan fingerprint density at radius 3 is 3.00 bits per heavy atom. The number of aromatic nitrogens is 1. The van der Waals surface area contributed by atoms with E-state index in [2.05, 4.69) is 34.1 Å². The van der Waals surface area contributed by atoms with Gasteiger partial charge in [-0.05, 0) is 43.5 Å². The zero-order valence-corrected chi connectivity index (χ0v) is 12.6. The minimum absolute atomic E-state index is 0.583. The minimum Gasteiger partial charge on any atom is -0.330 e. The summed E-state index contributed by atoms with van der Waals surface area (Å²) in [6.07, 6.45) is 5.17. The SMILES string of the molecule is NCC1CCCCC1c1nc2cc(Br)ccc2s1. The number of nitrogens with zero attached hydrogens (tertiary/aromatic N) is 1. The molecule has 1 saturated carbocycles. The van der Waals surface area contributed by atoms with Crippen LogP contribution in [-0.4, -0.2) is 11.5 Å². The molecule has 1 fully saturated rings. The van der Waals surface area contributed by atoms with Crippen LogP contribution in [0.3, 0.4) is 0 Å². The number of thiazole rings is 1. The minimum atomic E-state index is 0.583. The lowest BCUT2D eigenvalue weighted by Crippen LogP contribution is -2.25. The maximum atomic E-state index is 5.92. The van der Waals surface area contributed by atoms with Crippen LogP contribution in [0.2, 0.25) is 0 Å². The molecule has 2 unspecified atom stereocenters. The van der Waals surface area contributed by atoms with Gasteiger partial charge < -0.3 is 5.73 Å². The predicted molar refractivity (Wildman–Crippen MR) is 81.1 cm³/mol. The summed E-state index contributed by atoms with van der Waals surface area (Å²) in [7, 11) is 0. The maximum absolute atomic E-state index is 5.92. The molecule has 1 aliphatic rings. The fourth-order valence-electron chi connectivity index (χ4n) is 2.89. The Morgan fingerprint density at radius 2 is 2.17 bits per heavy atom. The van der Waals surface area contributed by atoms with Gasteiger partial charge in [0.15, 0.2) is 0 Å². The van der Waals surface area contributed by atoms with E-state index in [0.717, 1.165) is 16.5 Å². The molecular formula is C14H17BrN2S. The molecule has 96 valence electrons. The molecule has 2 N–H and O–H groups in total. The third kappa shape index (κ3) is 2.33. The number of hydrogen-bond donors (Lipinski definition) is 1. The van der Waals surface area contributed by atoms with Gasteiger partial charge in [0, 0.05) is 10.4 Å². The molecule has 1 aromatic carbocycles. The molecule has 2 nitrogen and oxygen atoms in total. The zero-order valence-electron chi connectivity index (χ0n) is 10.2. The van der Waals surface area contributed by atoms with Crippen LogP contribution in [0.4, 0.5) is 0 Å². The van der Waals surface area contributed by atoms with Crippen molar-refractivity contribution < 1.29 is 0 Å². The molecule has 3 rings (SSSR count). The van der Waals surface area contributed by atoms with Crippen LogP contribution in [0.15, 0.2) is 22.7 Å². The van der Waals surface area contributed by atoms with Gasteiger partial charge in [0.25, 0.3) is 0 Å². The first-order valence-corrected chi connectivity index (χ1v) is 8.15. The van der Waals surface area contributed by atoms with Crippen molar-refractivity contribution in [3.8, 4) is 0 Å².